The van der Waals surface area contributed by atoms with E-state index in [2.05, 4.69) is 0 Å². The van der Waals surface area contributed by atoms with Gasteiger partial charge in [-0.1, -0.05) is 25.7 Å². The van der Waals surface area contributed by atoms with E-state index in [0.29, 0.717) is 31.0 Å². The molecule has 1 amide bonds. The summed E-state index contributed by atoms with van der Waals surface area (Å²) in [6, 6.07) is 4.52. The molecular formula is C19H24N2O5. The van der Waals surface area contributed by atoms with Crippen LogP contribution >= 0.6 is 0 Å². The summed E-state index contributed by atoms with van der Waals surface area (Å²) >= 11 is 0. The number of anilines is 1. The van der Waals surface area contributed by atoms with E-state index in [4.69, 9.17) is 4.74 Å². The Morgan fingerprint density at radius 3 is 2.73 bits per heavy atom. The lowest BCUT2D eigenvalue weighted by atomic mass is 10.0. The summed E-state index contributed by atoms with van der Waals surface area (Å²) in [5, 5.41) is 10.9. The van der Waals surface area contributed by atoms with Gasteiger partial charge in [-0.25, -0.2) is 0 Å². The summed E-state index contributed by atoms with van der Waals surface area (Å²) in [5.41, 5.74) is 1.48. The fraction of sp³-hybridized carbons (Fsp3) is 0.579. The van der Waals surface area contributed by atoms with Crippen LogP contribution in [0.25, 0.3) is 0 Å². The monoisotopic (exact) mass is 360 g/mol. The SMILES string of the molecule is O=C(CCC1CCCC1)OCC(=O)N1CCCc2cc([N+](=O)[O-])ccc21. The number of hydrogen-bond acceptors (Lipinski definition) is 5. The molecule has 26 heavy (non-hydrogen) atoms. The fourth-order valence-corrected chi connectivity index (χ4v) is 3.87. The van der Waals surface area contributed by atoms with Crippen LogP contribution in [0.15, 0.2) is 18.2 Å². The van der Waals surface area contributed by atoms with E-state index in [-0.39, 0.29) is 24.2 Å². The molecule has 0 radical (unpaired) electrons. The number of fused-ring (bicyclic) bond motifs is 1. The number of esters is 1. The molecule has 7 heteroatoms. The van der Waals surface area contributed by atoms with E-state index in [9.17, 15) is 19.7 Å². The summed E-state index contributed by atoms with van der Waals surface area (Å²) in [7, 11) is 0. The maximum absolute atomic E-state index is 12.5. The van der Waals surface area contributed by atoms with Crippen LogP contribution in [-0.2, 0) is 20.7 Å². The highest BCUT2D eigenvalue weighted by molar-refractivity contribution is 5.96. The van der Waals surface area contributed by atoms with Crippen LogP contribution in [0.3, 0.4) is 0 Å². The molecule has 7 nitrogen and oxygen atoms in total. The Labute approximate surface area is 152 Å². The first kappa shape index (κ1) is 18.4. The third kappa shape index (κ3) is 4.39. The minimum atomic E-state index is -0.437. The molecule has 0 unspecified atom stereocenters. The van der Waals surface area contributed by atoms with E-state index >= 15 is 0 Å². The molecule has 140 valence electrons. The van der Waals surface area contributed by atoms with Gasteiger partial charge in [0.2, 0.25) is 0 Å². The molecule has 0 aromatic heterocycles. The average Bonchev–Trinajstić information content (AvgIpc) is 3.17. The third-order valence-electron chi connectivity index (χ3n) is 5.28. The van der Waals surface area contributed by atoms with E-state index in [1.54, 1.807) is 11.0 Å². The number of amides is 1. The summed E-state index contributed by atoms with van der Waals surface area (Å²) in [5.74, 6) is 0.00298. The number of nitrogens with zero attached hydrogens (tertiary/aromatic N) is 2. The smallest absolute Gasteiger partial charge is 0.306 e. The number of ether oxygens (including phenoxy) is 1. The number of nitro groups is 1. The highest BCUT2D eigenvalue weighted by atomic mass is 16.6. The van der Waals surface area contributed by atoms with E-state index in [1.807, 2.05) is 0 Å². The molecule has 0 spiro atoms. The Morgan fingerprint density at radius 1 is 1.23 bits per heavy atom. The van der Waals surface area contributed by atoms with Crippen molar-refractivity contribution in [3.05, 3.63) is 33.9 Å². The summed E-state index contributed by atoms with van der Waals surface area (Å²) in [4.78, 5) is 36.4. The molecule has 1 fully saturated rings. The van der Waals surface area contributed by atoms with Crippen molar-refractivity contribution in [2.24, 2.45) is 5.92 Å². The van der Waals surface area contributed by atoms with Gasteiger partial charge in [0.15, 0.2) is 6.61 Å². The number of benzene rings is 1. The second-order valence-corrected chi connectivity index (χ2v) is 7.07. The molecule has 1 heterocycles. The lowest BCUT2D eigenvalue weighted by molar-refractivity contribution is -0.384. The van der Waals surface area contributed by atoms with E-state index in [0.717, 1.165) is 18.4 Å². The standard InChI is InChI=1S/C19H24N2O5/c22-18(13-26-19(23)10-7-14-4-1-2-5-14)20-11-3-6-15-12-16(21(24)25)8-9-17(15)20/h8-9,12,14H,1-7,10-11,13H2. The zero-order valence-electron chi connectivity index (χ0n) is 14.8. The summed E-state index contributed by atoms with van der Waals surface area (Å²) in [6.45, 7) is 0.253. The van der Waals surface area contributed by atoms with Crippen molar-refractivity contribution >= 4 is 23.3 Å². The highest BCUT2D eigenvalue weighted by Crippen LogP contribution is 2.31. The fourth-order valence-electron chi connectivity index (χ4n) is 3.87. The normalized spacial score (nSPS) is 17.0. The zero-order valence-corrected chi connectivity index (χ0v) is 14.8. The zero-order chi connectivity index (χ0) is 18.5. The predicted octanol–water partition coefficient (Wildman–Crippen LogP) is 3.39. The third-order valence-corrected chi connectivity index (χ3v) is 5.28. The van der Waals surface area contributed by atoms with Gasteiger partial charge in [0.05, 0.1) is 4.92 Å². The van der Waals surface area contributed by atoms with Gasteiger partial charge < -0.3 is 9.64 Å². The number of carbonyl (C=O) groups excluding carboxylic acids is 2. The van der Waals surface area contributed by atoms with Crippen LogP contribution in [0.5, 0.6) is 0 Å². The minimum absolute atomic E-state index is 0.0244. The van der Waals surface area contributed by atoms with Gasteiger partial charge in [0.1, 0.15) is 0 Å². The molecule has 1 aliphatic carbocycles. The highest BCUT2D eigenvalue weighted by Gasteiger charge is 2.25. The van der Waals surface area contributed by atoms with Crippen LogP contribution < -0.4 is 4.90 Å². The molecule has 1 saturated carbocycles. The van der Waals surface area contributed by atoms with Crippen LogP contribution in [0.1, 0.15) is 50.5 Å². The van der Waals surface area contributed by atoms with Crippen molar-refractivity contribution in [2.75, 3.05) is 18.1 Å². The Balaban J connectivity index is 1.53. The number of rotatable bonds is 6. The summed E-state index contributed by atoms with van der Waals surface area (Å²) in [6.07, 6.45) is 7.47. The van der Waals surface area contributed by atoms with E-state index in [1.165, 1.54) is 37.8 Å². The quantitative estimate of drug-likeness (QED) is 0.441. The van der Waals surface area contributed by atoms with Gasteiger partial charge in [-0.2, -0.15) is 0 Å². The molecule has 0 atom stereocenters. The van der Waals surface area contributed by atoms with Crippen LogP contribution in [0, 0.1) is 16.0 Å². The Morgan fingerprint density at radius 2 is 2.00 bits per heavy atom. The average molecular weight is 360 g/mol. The minimum Gasteiger partial charge on any atom is -0.456 e. The van der Waals surface area contributed by atoms with Crippen molar-refractivity contribution in [1.82, 2.24) is 0 Å². The van der Waals surface area contributed by atoms with Gasteiger partial charge in [-0.05, 0) is 36.8 Å². The molecule has 0 bridgehead atoms. The molecule has 0 saturated heterocycles. The summed E-state index contributed by atoms with van der Waals surface area (Å²) < 4.78 is 5.16. The van der Waals surface area contributed by atoms with Crippen molar-refractivity contribution < 1.29 is 19.2 Å². The molecule has 2 aliphatic rings. The molecular weight excluding hydrogens is 336 g/mol. The van der Waals surface area contributed by atoms with Crippen LogP contribution in [-0.4, -0.2) is 30.0 Å². The van der Waals surface area contributed by atoms with E-state index < -0.39 is 4.92 Å². The molecule has 1 aromatic carbocycles. The van der Waals surface area contributed by atoms with Gasteiger partial charge in [0.25, 0.3) is 11.6 Å². The van der Waals surface area contributed by atoms with Crippen molar-refractivity contribution in [3.8, 4) is 0 Å². The van der Waals surface area contributed by atoms with Crippen molar-refractivity contribution in [2.45, 2.75) is 51.4 Å². The Hall–Kier alpha value is -2.44. The lowest BCUT2D eigenvalue weighted by Crippen LogP contribution is -2.38. The maximum atomic E-state index is 12.5. The topological polar surface area (TPSA) is 89.8 Å². The second-order valence-electron chi connectivity index (χ2n) is 7.07. The van der Waals surface area contributed by atoms with Crippen LogP contribution in [0.2, 0.25) is 0 Å². The largest absolute Gasteiger partial charge is 0.456 e. The first-order chi connectivity index (χ1) is 12.5. The maximum Gasteiger partial charge on any atom is 0.306 e. The molecule has 0 N–H and O–H groups in total. The number of non-ortho nitro benzene ring substituents is 1. The van der Waals surface area contributed by atoms with Crippen molar-refractivity contribution in [1.29, 1.82) is 0 Å². The Kier molecular flexibility index (Phi) is 5.85. The number of carbonyl (C=O) groups is 2. The molecule has 1 aliphatic heterocycles. The predicted molar refractivity (Wildman–Crippen MR) is 95.9 cm³/mol. The lowest BCUT2D eigenvalue weighted by Gasteiger charge is -2.29. The van der Waals surface area contributed by atoms with Gasteiger partial charge in [-0.3, -0.25) is 19.7 Å². The second kappa shape index (κ2) is 8.29. The van der Waals surface area contributed by atoms with Gasteiger partial charge >= 0.3 is 5.97 Å². The Bertz CT molecular complexity index is 697. The van der Waals surface area contributed by atoms with Crippen molar-refractivity contribution in [3.63, 3.8) is 0 Å². The van der Waals surface area contributed by atoms with Gasteiger partial charge in [0, 0.05) is 30.8 Å². The number of nitro benzene ring substituents is 1. The van der Waals surface area contributed by atoms with Gasteiger partial charge in [-0.15, -0.1) is 0 Å². The van der Waals surface area contributed by atoms with Crippen LogP contribution in [0.4, 0.5) is 11.4 Å². The first-order valence-electron chi connectivity index (χ1n) is 9.28. The molecule has 3 rings (SSSR count). The number of aryl methyl sites for hydroxylation is 1. The molecule has 1 aromatic rings. The first-order valence-corrected chi connectivity index (χ1v) is 9.28. The number of hydrogen-bond donors (Lipinski definition) is 0.